The van der Waals surface area contributed by atoms with E-state index in [0.717, 1.165) is 11.1 Å². The van der Waals surface area contributed by atoms with Crippen LogP contribution in [0.15, 0.2) is 79.9 Å². The van der Waals surface area contributed by atoms with Crippen molar-refractivity contribution in [1.82, 2.24) is 38.7 Å². The highest BCUT2D eigenvalue weighted by Crippen LogP contribution is 2.36. The monoisotopic (exact) mass is 618 g/mol. The van der Waals surface area contributed by atoms with Gasteiger partial charge in [-0.3, -0.25) is 0 Å². The Morgan fingerprint density at radius 3 is 1.96 bits per heavy atom. The number of nitrogens with zero attached hydrogens (tertiary/aromatic N) is 8. The summed E-state index contributed by atoms with van der Waals surface area (Å²) in [6.07, 6.45) is 5.36. The first-order chi connectivity index (χ1) is 21.5. The van der Waals surface area contributed by atoms with E-state index >= 15 is 0 Å². The molecule has 0 N–H and O–H groups in total. The van der Waals surface area contributed by atoms with Gasteiger partial charge in [-0.15, -0.1) is 0 Å². The van der Waals surface area contributed by atoms with Crippen LogP contribution in [0.4, 0.5) is 13.2 Å². The normalized spacial score (nSPS) is 15.2. The van der Waals surface area contributed by atoms with Crippen LogP contribution >= 0.6 is 0 Å². The molecule has 0 bridgehead atoms. The van der Waals surface area contributed by atoms with E-state index < -0.39 is 13.0 Å². The summed E-state index contributed by atoms with van der Waals surface area (Å²) >= 11 is 0. The molecule has 45 heavy (non-hydrogen) atoms. The van der Waals surface area contributed by atoms with Gasteiger partial charge in [0.05, 0.1) is 35.5 Å². The minimum absolute atomic E-state index is 0.322. The van der Waals surface area contributed by atoms with Gasteiger partial charge in [-0.05, 0) is 81.7 Å². The molecule has 0 radical (unpaired) electrons. The third-order valence-electron chi connectivity index (χ3n) is 7.67. The summed E-state index contributed by atoms with van der Waals surface area (Å²) in [6, 6.07) is 13.2. The molecular weight excluding hydrogens is 584 g/mol. The maximum absolute atomic E-state index is 13.2. The van der Waals surface area contributed by atoms with E-state index in [4.69, 9.17) is 9.31 Å². The SMILES string of the molecule is CC.CC1(C)OB(c2ccn3ncnc3c2)OC1(C)C.Fc1ccc(-c2ncn(CC(F)F)c2-c2ccn3ncnc3c2)cc1. The van der Waals surface area contributed by atoms with Crippen LogP contribution in [0.2, 0.25) is 0 Å². The first-order valence-electron chi connectivity index (χ1n) is 14.5. The lowest BCUT2D eigenvalue weighted by atomic mass is 9.80. The fourth-order valence-corrected chi connectivity index (χ4v) is 4.71. The molecule has 0 spiro atoms. The van der Waals surface area contributed by atoms with Gasteiger partial charge in [0.2, 0.25) is 0 Å². The lowest BCUT2D eigenvalue weighted by molar-refractivity contribution is 0.00578. The van der Waals surface area contributed by atoms with Crippen molar-refractivity contribution in [2.45, 2.75) is 65.7 Å². The number of rotatable bonds is 5. The van der Waals surface area contributed by atoms with Gasteiger partial charge in [0.1, 0.15) is 18.5 Å². The van der Waals surface area contributed by atoms with Crippen LogP contribution < -0.4 is 5.46 Å². The first kappa shape index (κ1) is 31.9. The highest BCUT2D eigenvalue weighted by molar-refractivity contribution is 6.62. The second-order valence-electron chi connectivity index (χ2n) is 11.1. The van der Waals surface area contributed by atoms with Crippen LogP contribution in [-0.4, -0.2) is 63.5 Å². The molecule has 1 aromatic carbocycles. The van der Waals surface area contributed by atoms with Crippen molar-refractivity contribution >= 4 is 23.9 Å². The van der Waals surface area contributed by atoms with E-state index in [1.807, 2.05) is 59.9 Å². The molecule has 0 saturated carbocycles. The third kappa shape index (κ3) is 6.61. The van der Waals surface area contributed by atoms with Gasteiger partial charge >= 0.3 is 7.12 Å². The van der Waals surface area contributed by atoms with Crippen LogP contribution in [0.25, 0.3) is 33.8 Å². The smallest absolute Gasteiger partial charge is 0.399 e. The minimum atomic E-state index is -2.52. The second-order valence-corrected chi connectivity index (χ2v) is 11.1. The molecular formula is C31H34BF3N8O2. The van der Waals surface area contributed by atoms with Crippen LogP contribution in [-0.2, 0) is 15.9 Å². The fraction of sp³-hybridized carbons (Fsp3) is 0.323. The molecule has 7 rings (SSSR count). The van der Waals surface area contributed by atoms with Gasteiger partial charge in [0.15, 0.2) is 11.3 Å². The molecule has 14 heteroatoms. The summed E-state index contributed by atoms with van der Waals surface area (Å²) in [5.74, 6) is -0.373. The van der Waals surface area contributed by atoms with Crippen molar-refractivity contribution in [1.29, 1.82) is 0 Å². The molecule has 234 valence electrons. The quantitative estimate of drug-likeness (QED) is 0.228. The van der Waals surface area contributed by atoms with E-state index in [2.05, 4.69) is 25.1 Å². The van der Waals surface area contributed by atoms with Gasteiger partial charge in [0, 0.05) is 23.5 Å². The molecule has 6 heterocycles. The predicted molar refractivity (Wildman–Crippen MR) is 166 cm³/mol. The number of hydrogen-bond donors (Lipinski definition) is 0. The van der Waals surface area contributed by atoms with Crippen LogP contribution in [0.1, 0.15) is 41.5 Å². The molecule has 1 saturated heterocycles. The number of halogens is 3. The highest BCUT2D eigenvalue weighted by atomic mass is 19.3. The number of alkyl halides is 2. The Balaban J connectivity index is 0.000000177. The van der Waals surface area contributed by atoms with Crippen molar-refractivity contribution in [3.05, 3.63) is 85.7 Å². The largest absolute Gasteiger partial charge is 0.495 e. The van der Waals surface area contributed by atoms with Gasteiger partial charge in [-0.1, -0.05) is 13.8 Å². The number of fused-ring (bicyclic) bond motifs is 2. The number of benzene rings is 1. The Kier molecular flexibility index (Phi) is 9.07. The van der Waals surface area contributed by atoms with Crippen LogP contribution in [0.5, 0.6) is 0 Å². The second kappa shape index (κ2) is 12.8. The van der Waals surface area contributed by atoms with Crippen molar-refractivity contribution in [2.75, 3.05) is 0 Å². The topological polar surface area (TPSA) is 96.7 Å². The first-order valence-corrected chi connectivity index (χ1v) is 14.5. The van der Waals surface area contributed by atoms with E-state index in [9.17, 15) is 13.2 Å². The molecule has 0 unspecified atom stereocenters. The van der Waals surface area contributed by atoms with E-state index in [1.54, 1.807) is 39.5 Å². The van der Waals surface area contributed by atoms with Crippen molar-refractivity contribution < 1.29 is 22.5 Å². The summed E-state index contributed by atoms with van der Waals surface area (Å²) < 4.78 is 55.8. The summed E-state index contributed by atoms with van der Waals surface area (Å²) in [5, 5.41) is 8.09. The summed E-state index contributed by atoms with van der Waals surface area (Å²) in [5.41, 5.74) is 4.06. The highest BCUT2D eigenvalue weighted by Gasteiger charge is 2.51. The molecule has 0 aliphatic carbocycles. The maximum Gasteiger partial charge on any atom is 0.495 e. The third-order valence-corrected chi connectivity index (χ3v) is 7.67. The average molecular weight is 618 g/mol. The van der Waals surface area contributed by atoms with E-state index in [1.165, 1.54) is 35.7 Å². The van der Waals surface area contributed by atoms with Crippen LogP contribution in [0, 0.1) is 5.82 Å². The molecule has 0 amide bonds. The van der Waals surface area contributed by atoms with Gasteiger partial charge in [-0.25, -0.2) is 37.2 Å². The molecule has 1 fully saturated rings. The summed E-state index contributed by atoms with van der Waals surface area (Å²) in [6.45, 7) is 11.7. The Labute approximate surface area is 259 Å². The maximum atomic E-state index is 13.2. The summed E-state index contributed by atoms with van der Waals surface area (Å²) in [7, 11) is -0.350. The number of pyridine rings is 2. The van der Waals surface area contributed by atoms with E-state index in [-0.39, 0.29) is 24.1 Å². The zero-order valence-electron chi connectivity index (χ0n) is 25.9. The fourth-order valence-electron chi connectivity index (χ4n) is 4.71. The van der Waals surface area contributed by atoms with Gasteiger partial charge in [0.25, 0.3) is 6.43 Å². The zero-order valence-corrected chi connectivity index (χ0v) is 25.9. The minimum Gasteiger partial charge on any atom is -0.399 e. The Morgan fingerprint density at radius 1 is 0.778 bits per heavy atom. The van der Waals surface area contributed by atoms with Crippen LogP contribution in [0.3, 0.4) is 0 Å². The predicted octanol–water partition coefficient (Wildman–Crippen LogP) is 5.72. The van der Waals surface area contributed by atoms with Crippen molar-refractivity contribution in [2.24, 2.45) is 0 Å². The average Bonchev–Trinajstić information content (AvgIpc) is 3.80. The van der Waals surface area contributed by atoms with Gasteiger partial charge < -0.3 is 13.9 Å². The Bertz CT molecular complexity index is 1870. The number of aromatic nitrogens is 8. The molecule has 1 aliphatic rings. The number of imidazole rings is 1. The van der Waals surface area contributed by atoms with Gasteiger partial charge in [-0.2, -0.15) is 10.2 Å². The number of hydrogen-bond acceptors (Lipinski definition) is 7. The standard InChI is InChI=1S/C17H12F3N5.C12H16BN3O2.C2H6/c18-13-3-1-11(2-4-13)16-17(24(10-22-16)8-14(19)20)12-5-6-25-15(7-12)21-9-23-25;1-11(2)12(3,4)18-13(17-11)9-5-6-16-10(7-9)14-8-15-16;1-2/h1-7,9-10,14H,8H2;5-8H,1-4H3;1-2H3. The van der Waals surface area contributed by atoms with Crippen molar-refractivity contribution in [3.8, 4) is 22.5 Å². The summed E-state index contributed by atoms with van der Waals surface area (Å²) in [4.78, 5) is 12.6. The molecule has 5 aromatic heterocycles. The van der Waals surface area contributed by atoms with E-state index in [0.29, 0.717) is 28.2 Å². The van der Waals surface area contributed by atoms with Crippen molar-refractivity contribution in [3.63, 3.8) is 0 Å². The Hall–Kier alpha value is -4.56. The lowest BCUT2D eigenvalue weighted by Crippen LogP contribution is -2.41. The molecule has 0 atom stereocenters. The molecule has 6 aromatic rings. The Morgan fingerprint density at radius 2 is 1.36 bits per heavy atom. The molecule has 1 aliphatic heterocycles. The zero-order chi connectivity index (χ0) is 32.4. The lowest BCUT2D eigenvalue weighted by Gasteiger charge is -2.32. The molecule has 10 nitrogen and oxygen atoms in total.